The molecule has 7 nitrogen and oxygen atoms in total. The molecule has 0 aromatic heterocycles. The molecule has 0 amide bonds. The number of fused-ring (bicyclic) bond motifs is 1. The number of hydrogen-bond acceptors (Lipinski definition) is 7. The number of rotatable bonds is 5. The summed E-state index contributed by atoms with van der Waals surface area (Å²) in [5.74, 6) is -17.3. The lowest BCUT2D eigenvalue weighted by Crippen LogP contribution is -2.48. The summed E-state index contributed by atoms with van der Waals surface area (Å²) in [6, 6.07) is 7.31. The van der Waals surface area contributed by atoms with E-state index in [0.717, 1.165) is 5.06 Å². The first-order chi connectivity index (χ1) is 14.2. The van der Waals surface area contributed by atoms with Crippen molar-refractivity contribution in [3.8, 4) is 5.75 Å². The van der Waals surface area contributed by atoms with E-state index in [9.17, 15) is 31.5 Å². The summed E-state index contributed by atoms with van der Waals surface area (Å²) in [6.45, 7) is -0.380. The highest BCUT2D eigenvalue weighted by Crippen LogP contribution is 2.39. The Morgan fingerprint density at radius 2 is 1.63 bits per heavy atom. The summed E-state index contributed by atoms with van der Waals surface area (Å²) in [7, 11) is 0. The van der Waals surface area contributed by atoms with E-state index in [1.807, 2.05) is 0 Å². The second-order valence-electron chi connectivity index (χ2n) is 6.38. The Labute approximate surface area is 164 Å². The van der Waals surface area contributed by atoms with Crippen molar-refractivity contribution in [1.29, 1.82) is 0 Å². The highest BCUT2D eigenvalue weighted by molar-refractivity contribution is 5.85. The van der Waals surface area contributed by atoms with E-state index in [-0.39, 0.29) is 13.2 Å². The number of halogens is 5. The monoisotopic (exact) mass is 430 g/mol. The van der Waals surface area contributed by atoms with Crippen LogP contribution < -0.4 is 10.1 Å². The van der Waals surface area contributed by atoms with Crippen LogP contribution >= 0.6 is 0 Å². The maximum Gasteiger partial charge on any atom is 0.374 e. The number of esters is 2. The zero-order valence-corrected chi connectivity index (χ0v) is 14.8. The molecule has 2 fully saturated rings. The Morgan fingerprint density at radius 3 is 2.27 bits per heavy atom. The predicted molar refractivity (Wildman–Crippen MR) is 85.6 cm³/mol. The topological polar surface area (TPSA) is 80.2 Å². The fraction of sp³-hybridized carbons (Fsp3) is 0.222. The molecule has 0 spiro atoms. The average Bonchev–Trinajstić information content (AvgIpc) is 3.33. The first kappa shape index (κ1) is 20.2. The molecule has 4 rings (SSSR count). The zero-order chi connectivity index (χ0) is 21.6. The smallest absolute Gasteiger partial charge is 0.374 e. The molecule has 3 unspecified atom stereocenters. The van der Waals surface area contributed by atoms with Crippen LogP contribution in [0.15, 0.2) is 30.3 Å². The van der Waals surface area contributed by atoms with Gasteiger partial charge in [-0.3, -0.25) is 0 Å². The number of carbonyl (C=O) groups is 2. The molecular formula is C18H11F5N2O5. The number of hydroxylamine groups is 2. The van der Waals surface area contributed by atoms with Crippen LogP contribution in [0.2, 0.25) is 0 Å². The Kier molecular flexibility index (Phi) is 4.92. The van der Waals surface area contributed by atoms with Gasteiger partial charge in [0.1, 0.15) is 12.6 Å². The van der Waals surface area contributed by atoms with Crippen LogP contribution in [0, 0.1) is 29.1 Å². The van der Waals surface area contributed by atoms with Gasteiger partial charge in [-0.2, -0.15) is 8.78 Å². The zero-order valence-electron chi connectivity index (χ0n) is 14.8. The van der Waals surface area contributed by atoms with Crippen LogP contribution in [-0.2, 0) is 25.8 Å². The standard InChI is InChI=1S/C18H11F5N2O5/c19-10-11(20)13(22)15(14(23)12(10)21)29-16(26)9-6-25-18(24-9,30-25)17(27)28-7-8-4-2-1-3-5-8/h1-5,9,24H,6-7H2. The van der Waals surface area contributed by atoms with Crippen LogP contribution in [0.25, 0.3) is 0 Å². The van der Waals surface area contributed by atoms with Gasteiger partial charge < -0.3 is 9.47 Å². The van der Waals surface area contributed by atoms with Gasteiger partial charge in [0.25, 0.3) is 0 Å². The van der Waals surface area contributed by atoms with Crippen molar-refractivity contribution in [3.05, 3.63) is 65.0 Å². The molecule has 2 saturated heterocycles. The third-order valence-electron chi connectivity index (χ3n) is 4.43. The van der Waals surface area contributed by atoms with Gasteiger partial charge in [0.05, 0.1) is 6.54 Å². The number of benzene rings is 2. The molecule has 1 N–H and O–H groups in total. The molecule has 2 aromatic carbocycles. The largest absolute Gasteiger partial charge is 0.456 e. The van der Waals surface area contributed by atoms with Crippen molar-refractivity contribution in [2.24, 2.45) is 0 Å². The second kappa shape index (κ2) is 7.31. The van der Waals surface area contributed by atoms with Gasteiger partial charge in [0.15, 0.2) is 0 Å². The molecule has 0 bridgehead atoms. The molecule has 0 radical (unpaired) electrons. The molecule has 2 aliphatic rings. The molecule has 158 valence electrons. The maximum absolute atomic E-state index is 13.7. The van der Waals surface area contributed by atoms with E-state index in [2.05, 4.69) is 10.1 Å². The van der Waals surface area contributed by atoms with E-state index >= 15 is 0 Å². The minimum absolute atomic E-state index is 0.0834. The van der Waals surface area contributed by atoms with Crippen molar-refractivity contribution in [3.63, 3.8) is 0 Å². The van der Waals surface area contributed by atoms with Gasteiger partial charge >= 0.3 is 17.8 Å². The maximum atomic E-state index is 13.7. The molecule has 12 heteroatoms. The van der Waals surface area contributed by atoms with Crippen LogP contribution in [0.3, 0.4) is 0 Å². The number of ether oxygens (including phenoxy) is 2. The summed E-state index contributed by atoms with van der Waals surface area (Å²) in [4.78, 5) is 29.5. The third kappa shape index (κ3) is 3.28. The summed E-state index contributed by atoms with van der Waals surface area (Å²) in [5.41, 5.74) is 0.690. The normalized spacial score (nSPS) is 24.3. The summed E-state index contributed by atoms with van der Waals surface area (Å²) in [6.07, 6.45) is 0. The van der Waals surface area contributed by atoms with Crippen molar-refractivity contribution < 1.29 is 45.9 Å². The number of nitrogens with one attached hydrogen (secondary N) is 1. The average molecular weight is 430 g/mol. The Morgan fingerprint density at radius 1 is 1.03 bits per heavy atom. The van der Waals surface area contributed by atoms with E-state index in [0.29, 0.717) is 5.56 Å². The molecule has 30 heavy (non-hydrogen) atoms. The van der Waals surface area contributed by atoms with Crippen molar-refractivity contribution >= 4 is 11.9 Å². The van der Waals surface area contributed by atoms with Crippen LogP contribution in [0.5, 0.6) is 5.75 Å². The molecule has 0 saturated carbocycles. The highest BCUT2D eigenvalue weighted by Gasteiger charge is 2.70. The third-order valence-corrected chi connectivity index (χ3v) is 4.43. The number of carbonyl (C=O) groups excluding carboxylic acids is 2. The lowest BCUT2D eigenvalue weighted by Gasteiger charge is -2.15. The SMILES string of the molecule is O=C(Oc1c(F)c(F)c(F)c(F)c1F)C1CN2OC2(C(=O)OCc2ccccc2)N1. The summed E-state index contributed by atoms with van der Waals surface area (Å²) < 4.78 is 76.4. The predicted octanol–water partition coefficient (Wildman–Crippen LogP) is 1.90. The first-order valence-electron chi connectivity index (χ1n) is 8.43. The minimum atomic E-state index is -2.38. The van der Waals surface area contributed by atoms with E-state index in [1.54, 1.807) is 30.3 Å². The fourth-order valence-corrected chi connectivity index (χ4v) is 2.85. The van der Waals surface area contributed by atoms with Gasteiger partial charge in [-0.25, -0.2) is 32.9 Å². The molecule has 2 heterocycles. The van der Waals surface area contributed by atoms with Gasteiger partial charge in [-0.15, -0.1) is 5.06 Å². The van der Waals surface area contributed by atoms with Crippen LogP contribution in [-0.4, -0.2) is 35.4 Å². The Bertz CT molecular complexity index is 1010. The summed E-state index contributed by atoms with van der Waals surface area (Å²) in [5, 5.41) is 3.44. The lowest BCUT2D eigenvalue weighted by atomic mass is 10.2. The van der Waals surface area contributed by atoms with Crippen LogP contribution in [0.4, 0.5) is 22.0 Å². The van der Waals surface area contributed by atoms with Gasteiger partial charge in [-0.05, 0) is 5.56 Å². The lowest BCUT2D eigenvalue weighted by molar-refractivity contribution is -0.153. The van der Waals surface area contributed by atoms with Crippen molar-refractivity contribution in [2.45, 2.75) is 18.5 Å². The van der Waals surface area contributed by atoms with E-state index < -0.39 is 58.7 Å². The van der Waals surface area contributed by atoms with Crippen molar-refractivity contribution in [1.82, 2.24) is 10.4 Å². The van der Waals surface area contributed by atoms with Gasteiger partial charge in [0.2, 0.25) is 34.8 Å². The second-order valence-corrected chi connectivity index (χ2v) is 6.38. The molecular weight excluding hydrogens is 419 g/mol. The summed E-state index contributed by atoms with van der Waals surface area (Å²) >= 11 is 0. The molecule has 3 atom stereocenters. The van der Waals surface area contributed by atoms with E-state index in [1.165, 1.54) is 0 Å². The first-order valence-corrected chi connectivity index (χ1v) is 8.43. The van der Waals surface area contributed by atoms with E-state index in [4.69, 9.17) is 9.57 Å². The van der Waals surface area contributed by atoms with Gasteiger partial charge in [0, 0.05) is 0 Å². The Balaban J connectivity index is 1.42. The van der Waals surface area contributed by atoms with Crippen molar-refractivity contribution in [2.75, 3.05) is 6.54 Å². The minimum Gasteiger partial charge on any atom is -0.456 e. The molecule has 2 aromatic rings. The fourth-order valence-electron chi connectivity index (χ4n) is 2.85. The number of nitrogens with zero attached hydrogens (tertiary/aromatic N) is 1. The highest BCUT2D eigenvalue weighted by atomic mass is 19.2. The van der Waals surface area contributed by atoms with Crippen LogP contribution in [0.1, 0.15) is 5.56 Å². The van der Waals surface area contributed by atoms with Gasteiger partial charge in [-0.1, -0.05) is 30.3 Å². The molecule has 0 aliphatic carbocycles. The quantitative estimate of drug-likeness (QED) is 0.194. The molecule has 2 aliphatic heterocycles. The Hall–Kier alpha value is -3.09. The number of hydrogen-bond donors (Lipinski definition) is 1.